The molecular formula is C4H8N2O3. The highest BCUT2D eigenvalue weighted by atomic mass is 16.7. The lowest BCUT2D eigenvalue weighted by molar-refractivity contribution is 0.0936. The topological polar surface area (TPSA) is 105 Å². The number of nitriles is 1. The van der Waals surface area contributed by atoms with Gasteiger partial charge in [0.1, 0.15) is 6.61 Å². The molecule has 9 heavy (non-hydrogen) atoms. The van der Waals surface area contributed by atoms with E-state index in [4.69, 9.17) is 10.4 Å². The molecule has 52 valence electrons. The van der Waals surface area contributed by atoms with Gasteiger partial charge in [0, 0.05) is 0 Å². The van der Waals surface area contributed by atoms with Gasteiger partial charge >= 0.3 is 6.16 Å². The average molecular weight is 132 g/mol. The zero-order valence-electron chi connectivity index (χ0n) is 4.83. The molecule has 0 aliphatic carbocycles. The molecule has 4 N–H and O–H groups in total. The van der Waals surface area contributed by atoms with Crippen LogP contribution in [0.25, 0.3) is 0 Å². The third-order valence-electron chi connectivity index (χ3n) is 0.439. The number of carboxylic acid groups (broad SMARTS) is 1. The molecule has 0 aromatic heterocycles. The molecule has 0 aliphatic heterocycles. The fraction of sp³-hybridized carbons (Fsp3) is 0.500. The number of rotatable bonds is 2. The van der Waals surface area contributed by atoms with Gasteiger partial charge in [-0.15, -0.1) is 0 Å². The third kappa shape index (κ3) is 10.8. The Bertz CT molecular complexity index is 117. The molecule has 0 heterocycles. The van der Waals surface area contributed by atoms with Crippen LogP contribution in [-0.4, -0.2) is 17.9 Å². The number of ether oxygens (including phenoxy) is 1. The highest BCUT2D eigenvalue weighted by Gasteiger charge is 1.91. The minimum atomic E-state index is -1.33. The summed E-state index contributed by atoms with van der Waals surface area (Å²) in [6, 6.07) is 1.73. The molecule has 0 rings (SSSR count). The molecule has 5 nitrogen and oxygen atoms in total. The summed E-state index contributed by atoms with van der Waals surface area (Å²) in [5.74, 6) is 0. The van der Waals surface area contributed by atoms with E-state index in [9.17, 15) is 4.79 Å². The van der Waals surface area contributed by atoms with Crippen molar-refractivity contribution >= 4 is 6.16 Å². The van der Waals surface area contributed by atoms with Crippen LogP contribution in [0, 0.1) is 11.3 Å². The first-order chi connectivity index (χ1) is 3.77. The van der Waals surface area contributed by atoms with Gasteiger partial charge in [-0.2, -0.15) is 5.26 Å². The van der Waals surface area contributed by atoms with E-state index in [0.29, 0.717) is 0 Å². The van der Waals surface area contributed by atoms with Gasteiger partial charge in [-0.05, 0) is 0 Å². The highest BCUT2D eigenvalue weighted by molar-refractivity contribution is 5.56. The summed E-state index contributed by atoms with van der Waals surface area (Å²) in [5, 5.41) is 15.7. The largest absolute Gasteiger partial charge is 0.505 e. The Morgan fingerprint density at radius 2 is 2.33 bits per heavy atom. The van der Waals surface area contributed by atoms with E-state index in [1.54, 1.807) is 6.07 Å². The minimum absolute atomic E-state index is 0. The molecule has 0 saturated carbocycles. The van der Waals surface area contributed by atoms with Crippen molar-refractivity contribution in [3.05, 3.63) is 0 Å². The van der Waals surface area contributed by atoms with Gasteiger partial charge in [-0.3, -0.25) is 0 Å². The fourth-order valence-electron chi connectivity index (χ4n) is 0.184. The number of hydrogen-bond donors (Lipinski definition) is 2. The van der Waals surface area contributed by atoms with Crippen molar-refractivity contribution < 1.29 is 14.6 Å². The number of carbonyl (C=O) groups is 1. The molecule has 0 atom stereocenters. The summed E-state index contributed by atoms with van der Waals surface area (Å²) in [6.45, 7) is -0.0359. The average Bonchev–Trinajstić information content (AvgIpc) is 1.66. The van der Waals surface area contributed by atoms with Crippen molar-refractivity contribution in [2.75, 3.05) is 6.61 Å². The van der Waals surface area contributed by atoms with E-state index in [2.05, 4.69) is 4.74 Å². The van der Waals surface area contributed by atoms with Crippen molar-refractivity contribution in [3.63, 3.8) is 0 Å². The minimum Gasteiger partial charge on any atom is -0.450 e. The molecule has 0 aliphatic rings. The van der Waals surface area contributed by atoms with Crippen LogP contribution >= 0.6 is 0 Å². The Morgan fingerprint density at radius 1 is 1.78 bits per heavy atom. The van der Waals surface area contributed by atoms with Crippen LogP contribution in [0.3, 0.4) is 0 Å². The lowest BCUT2D eigenvalue weighted by atomic mass is 10.5. The van der Waals surface area contributed by atoms with E-state index in [0.717, 1.165) is 0 Å². The smallest absolute Gasteiger partial charge is 0.450 e. The normalized spacial score (nSPS) is 6.56. The monoisotopic (exact) mass is 132 g/mol. The highest BCUT2D eigenvalue weighted by Crippen LogP contribution is 1.78. The fourth-order valence-corrected chi connectivity index (χ4v) is 0.184. The third-order valence-corrected chi connectivity index (χ3v) is 0.439. The van der Waals surface area contributed by atoms with Crippen LogP contribution in [0.2, 0.25) is 0 Å². The van der Waals surface area contributed by atoms with E-state index in [1.165, 1.54) is 0 Å². The van der Waals surface area contributed by atoms with Crippen molar-refractivity contribution in [2.45, 2.75) is 6.42 Å². The zero-order valence-corrected chi connectivity index (χ0v) is 4.83. The molecule has 0 radical (unpaired) electrons. The van der Waals surface area contributed by atoms with Crippen molar-refractivity contribution in [1.82, 2.24) is 6.15 Å². The van der Waals surface area contributed by atoms with Gasteiger partial charge in [-0.25, -0.2) is 4.79 Å². The Hall–Kier alpha value is -1.28. The summed E-state index contributed by atoms with van der Waals surface area (Å²) in [4.78, 5) is 9.54. The summed E-state index contributed by atoms with van der Waals surface area (Å²) < 4.78 is 3.98. The first-order valence-corrected chi connectivity index (χ1v) is 2.00. The second-order valence-corrected chi connectivity index (χ2v) is 1.02. The summed E-state index contributed by atoms with van der Waals surface area (Å²) >= 11 is 0. The molecule has 5 heteroatoms. The van der Waals surface area contributed by atoms with Gasteiger partial charge in [0.2, 0.25) is 0 Å². The molecule has 0 unspecified atom stereocenters. The van der Waals surface area contributed by atoms with Crippen molar-refractivity contribution in [3.8, 4) is 6.07 Å². The Balaban J connectivity index is 0. The van der Waals surface area contributed by atoms with Crippen molar-refractivity contribution in [2.24, 2.45) is 0 Å². The van der Waals surface area contributed by atoms with E-state index in [1.807, 2.05) is 0 Å². The number of hydrogen-bond acceptors (Lipinski definition) is 4. The summed E-state index contributed by atoms with van der Waals surface area (Å²) in [6.07, 6.45) is -1.22. The van der Waals surface area contributed by atoms with Crippen LogP contribution in [0.15, 0.2) is 0 Å². The Morgan fingerprint density at radius 3 is 2.67 bits per heavy atom. The van der Waals surface area contributed by atoms with Gasteiger partial charge < -0.3 is 16.0 Å². The van der Waals surface area contributed by atoms with Crippen LogP contribution in [0.5, 0.6) is 0 Å². The van der Waals surface area contributed by atoms with Crippen LogP contribution in [-0.2, 0) is 4.74 Å². The Labute approximate surface area is 52.4 Å². The van der Waals surface area contributed by atoms with Crippen LogP contribution in [0.1, 0.15) is 6.42 Å². The summed E-state index contributed by atoms with van der Waals surface area (Å²) in [7, 11) is 0. The molecular weight excluding hydrogens is 124 g/mol. The molecule has 0 aromatic rings. The molecule has 0 spiro atoms. The SMILES string of the molecule is N.N#CCCOC(=O)O. The first kappa shape index (κ1) is 10.7. The van der Waals surface area contributed by atoms with Gasteiger partial charge in [-0.1, -0.05) is 0 Å². The second-order valence-electron chi connectivity index (χ2n) is 1.02. The predicted molar refractivity (Wildman–Crippen MR) is 29.2 cm³/mol. The quantitative estimate of drug-likeness (QED) is 0.426. The van der Waals surface area contributed by atoms with E-state index in [-0.39, 0.29) is 19.2 Å². The number of nitrogens with zero attached hydrogens (tertiary/aromatic N) is 1. The van der Waals surface area contributed by atoms with Gasteiger partial charge in [0.25, 0.3) is 0 Å². The van der Waals surface area contributed by atoms with Gasteiger partial charge in [0.05, 0.1) is 12.5 Å². The molecule has 0 aromatic carbocycles. The maximum Gasteiger partial charge on any atom is 0.505 e. The summed E-state index contributed by atoms with van der Waals surface area (Å²) in [5.41, 5.74) is 0. The van der Waals surface area contributed by atoms with E-state index >= 15 is 0 Å². The second kappa shape index (κ2) is 6.72. The maximum absolute atomic E-state index is 9.54. The lowest BCUT2D eigenvalue weighted by Crippen LogP contribution is -2.00. The zero-order chi connectivity index (χ0) is 6.41. The molecule has 0 fully saturated rings. The maximum atomic E-state index is 9.54. The molecule has 0 saturated heterocycles. The first-order valence-electron chi connectivity index (χ1n) is 2.00. The van der Waals surface area contributed by atoms with Crippen LogP contribution < -0.4 is 6.15 Å². The standard InChI is InChI=1S/C4H5NO3.H3N/c5-2-1-3-8-4(6)7;/h1,3H2,(H,6,7);1H3. The molecule has 0 bridgehead atoms. The van der Waals surface area contributed by atoms with E-state index < -0.39 is 6.16 Å². The lowest BCUT2D eigenvalue weighted by Gasteiger charge is -1.90. The molecule has 0 amide bonds. The van der Waals surface area contributed by atoms with Crippen LogP contribution in [0.4, 0.5) is 4.79 Å². The van der Waals surface area contributed by atoms with Gasteiger partial charge in [0.15, 0.2) is 0 Å². The van der Waals surface area contributed by atoms with Crippen molar-refractivity contribution in [1.29, 1.82) is 5.26 Å². The Kier molecular flexibility index (Phi) is 7.96. The predicted octanol–water partition coefficient (Wildman–Crippen LogP) is 0.757.